The van der Waals surface area contributed by atoms with Crippen molar-refractivity contribution >= 4 is 23.4 Å². The number of aromatic nitrogens is 3. The Balaban J connectivity index is 1.65. The van der Waals surface area contributed by atoms with Crippen LogP contribution in [0.25, 0.3) is 0 Å². The summed E-state index contributed by atoms with van der Waals surface area (Å²) < 4.78 is 2.23. The molecule has 1 fully saturated rings. The van der Waals surface area contributed by atoms with Gasteiger partial charge in [0.1, 0.15) is 5.82 Å². The van der Waals surface area contributed by atoms with Crippen molar-refractivity contribution in [3.63, 3.8) is 0 Å². The predicted octanol–water partition coefficient (Wildman–Crippen LogP) is 4.44. The summed E-state index contributed by atoms with van der Waals surface area (Å²) in [5, 5.41) is 12.4. The molecule has 0 aliphatic heterocycles. The van der Waals surface area contributed by atoms with Crippen LogP contribution in [-0.2, 0) is 4.79 Å². The molecule has 1 N–H and O–H groups in total. The number of nitrogens with one attached hydrogen (secondary N) is 1. The average molecular weight is 359 g/mol. The molecule has 1 amide bonds. The normalized spacial score (nSPS) is 15.3. The Morgan fingerprint density at radius 1 is 1.16 bits per heavy atom. The van der Waals surface area contributed by atoms with Gasteiger partial charge in [0, 0.05) is 11.7 Å². The minimum Gasteiger partial charge on any atom is -0.325 e. The van der Waals surface area contributed by atoms with Crippen LogP contribution >= 0.6 is 11.8 Å². The molecule has 0 spiro atoms. The van der Waals surface area contributed by atoms with Gasteiger partial charge in [0.15, 0.2) is 5.16 Å². The first-order valence-corrected chi connectivity index (χ1v) is 9.95. The molecule has 1 aromatic heterocycles. The van der Waals surface area contributed by atoms with Crippen LogP contribution in [-0.4, -0.2) is 26.4 Å². The lowest BCUT2D eigenvalue weighted by atomic mass is 9.95. The maximum absolute atomic E-state index is 12.4. The van der Waals surface area contributed by atoms with Crippen LogP contribution in [0, 0.1) is 20.8 Å². The molecule has 1 saturated carbocycles. The van der Waals surface area contributed by atoms with Gasteiger partial charge in [-0.1, -0.05) is 49.2 Å². The standard InChI is InChI=1S/C19H26N4OS/c1-13-8-7-9-14(2)18(13)20-17(24)12-25-19-22-21-15(3)23(19)16-10-5-4-6-11-16/h7-9,16H,4-6,10-12H2,1-3H3,(H,20,24). The molecule has 0 unspecified atom stereocenters. The number of nitrogens with zero attached hydrogens (tertiary/aromatic N) is 3. The van der Waals surface area contributed by atoms with E-state index in [2.05, 4.69) is 20.1 Å². The molecule has 1 aromatic carbocycles. The first-order chi connectivity index (χ1) is 12.1. The van der Waals surface area contributed by atoms with Crippen molar-refractivity contribution in [2.45, 2.75) is 64.1 Å². The summed E-state index contributed by atoms with van der Waals surface area (Å²) in [6, 6.07) is 6.51. The Morgan fingerprint density at radius 3 is 2.52 bits per heavy atom. The molecule has 0 radical (unpaired) electrons. The molecule has 6 heteroatoms. The molecule has 2 aromatic rings. The number of thioether (sulfide) groups is 1. The molecule has 1 heterocycles. The van der Waals surface area contributed by atoms with Gasteiger partial charge >= 0.3 is 0 Å². The fraction of sp³-hybridized carbons (Fsp3) is 0.526. The van der Waals surface area contributed by atoms with E-state index in [0.717, 1.165) is 27.8 Å². The van der Waals surface area contributed by atoms with Crippen molar-refractivity contribution in [1.82, 2.24) is 14.8 Å². The van der Waals surface area contributed by atoms with Gasteiger partial charge in [-0.2, -0.15) is 0 Å². The number of rotatable bonds is 5. The summed E-state index contributed by atoms with van der Waals surface area (Å²) in [7, 11) is 0. The third-order valence-electron chi connectivity index (χ3n) is 4.85. The number of hydrogen-bond donors (Lipinski definition) is 1. The largest absolute Gasteiger partial charge is 0.325 e. The van der Waals surface area contributed by atoms with Crippen molar-refractivity contribution < 1.29 is 4.79 Å². The maximum Gasteiger partial charge on any atom is 0.234 e. The number of amides is 1. The van der Waals surface area contributed by atoms with Gasteiger partial charge in [0.25, 0.3) is 0 Å². The van der Waals surface area contributed by atoms with Crippen LogP contribution in [0.3, 0.4) is 0 Å². The Hall–Kier alpha value is -1.82. The summed E-state index contributed by atoms with van der Waals surface area (Å²) in [4.78, 5) is 12.4. The van der Waals surface area contributed by atoms with Gasteiger partial charge in [-0.15, -0.1) is 10.2 Å². The van der Waals surface area contributed by atoms with Gasteiger partial charge in [-0.25, -0.2) is 0 Å². The first-order valence-electron chi connectivity index (χ1n) is 8.96. The quantitative estimate of drug-likeness (QED) is 0.803. The predicted molar refractivity (Wildman–Crippen MR) is 102 cm³/mol. The van der Waals surface area contributed by atoms with E-state index in [1.807, 2.05) is 39.0 Å². The second kappa shape index (κ2) is 8.04. The third-order valence-corrected chi connectivity index (χ3v) is 5.80. The summed E-state index contributed by atoms with van der Waals surface area (Å²) in [5.74, 6) is 1.29. The topological polar surface area (TPSA) is 59.8 Å². The van der Waals surface area contributed by atoms with Gasteiger partial charge in [-0.05, 0) is 44.7 Å². The Labute approximate surface area is 153 Å². The first kappa shape index (κ1) is 18.0. The Kier molecular flexibility index (Phi) is 5.78. The highest BCUT2D eigenvalue weighted by atomic mass is 32.2. The van der Waals surface area contributed by atoms with E-state index >= 15 is 0 Å². The fourth-order valence-corrected chi connectivity index (χ4v) is 4.38. The molecule has 0 atom stereocenters. The van der Waals surface area contributed by atoms with E-state index in [-0.39, 0.29) is 5.91 Å². The fourth-order valence-electron chi connectivity index (χ4n) is 3.53. The maximum atomic E-state index is 12.4. The number of hydrogen-bond acceptors (Lipinski definition) is 4. The minimum absolute atomic E-state index is 0.00162. The SMILES string of the molecule is Cc1cccc(C)c1NC(=O)CSc1nnc(C)n1C1CCCCC1. The summed E-state index contributed by atoms with van der Waals surface area (Å²) in [5.41, 5.74) is 3.08. The lowest BCUT2D eigenvalue weighted by molar-refractivity contribution is -0.113. The van der Waals surface area contributed by atoms with Crippen molar-refractivity contribution in [2.24, 2.45) is 0 Å². The smallest absolute Gasteiger partial charge is 0.234 e. The van der Waals surface area contributed by atoms with Crippen LogP contribution in [0.2, 0.25) is 0 Å². The van der Waals surface area contributed by atoms with Gasteiger partial charge in [0.05, 0.1) is 5.75 Å². The number of carbonyl (C=O) groups is 1. The molecule has 1 aliphatic rings. The summed E-state index contributed by atoms with van der Waals surface area (Å²) in [6.07, 6.45) is 6.21. The Morgan fingerprint density at radius 2 is 1.84 bits per heavy atom. The number of aryl methyl sites for hydroxylation is 3. The molecule has 0 saturated heterocycles. The molecule has 25 heavy (non-hydrogen) atoms. The molecule has 0 bridgehead atoms. The molecule has 1 aliphatic carbocycles. The van der Waals surface area contributed by atoms with Crippen molar-refractivity contribution in [1.29, 1.82) is 0 Å². The molecule has 3 rings (SSSR count). The zero-order valence-electron chi connectivity index (χ0n) is 15.2. The zero-order chi connectivity index (χ0) is 17.8. The molecule has 5 nitrogen and oxygen atoms in total. The number of anilines is 1. The van der Waals surface area contributed by atoms with Gasteiger partial charge in [-0.3, -0.25) is 4.79 Å². The molecular formula is C19H26N4OS. The van der Waals surface area contributed by atoms with E-state index in [9.17, 15) is 4.79 Å². The summed E-state index contributed by atoms with van der Waals surface area (Å²) in [6.45, 7) is 6.03. The highest BCUT2D eigenvalue weighted by molar-refractivity contribution is 7.99. The van der Waals surface area contributed by atoms with E-state index in [0.29, 0.717) is 11.8 Å². The number of benzene rings is 1. The van der Waals surface area contributed by atoms with Crippen LogP contribution in [0.1, 0.15) is 55.1 Å². The van der Waals surface area contributed by atoms with Gasteiger partial charge < -0.3 is 9.88 Å². The van der Waals surface area contributed by atoms with Crippen molar-refractivity contribution in [3.05, 3.63) is 35.2 Å². The van der Waals surface area contributed by atoms with Gasteiger partial charge in [0.2, 0.25) is 5.91 Å². The molecular weight excluding hydrogens is 332 g/mol. The third kappa shape index (κ3) is 4.24. The van der Waals surface area contributed by atoms with E-state index in [1.165, 1.54) is 43.9 Å². The lowest BCUT2D eigenvalue weighted by Crippen LogP contribution is -2.18. The number of para-hydroxylation sites is 1. The monoisotopic (exact) mass is 358 g/mol. The van der Waals surface area contributed by atoms with Crippen LogP contribution in [0.4, 0.5) is 5.69 Å². The summed E-state index contributed by atoms with van der Waals surface area (Å²) >= 11 is 1.48. The lowest BCUT2D eigenvalue weighted by Gasteiger charge is -2.24. The van der Waals surface area contributed by atoms with Crippen molar-refractivity contribution in [2.75, 3.05) is 11.1 Å². The average Bonchev–Trinajstić information content (AvgIpc) is 2.98. The molecule has 134 valence electrons. The van der Waals surface area contributed by atoms with Crippen LogP contribution in [0.15, 0.2) is 23.4 Å². The zero-order valence-corrected chi connectivity index (χ0v) is 16.0. The van der Waals surface area contributed by atoms with Crippen LogP contribution < -0.4 is 5.32 Å². The van der Waals surface area contributed by atoms with E-state index < -0.39 is 0 Å². The second-order valence-electron chi connectivity index (χ2n) is 6.80. The second-order valence-corrected chi connectivity index (χ2v) is 7.74. The van der Waals surface area contributed by atoms with E-state index in [1.54, 1.807) is 0 Å². The minimum atomic E-state index is -0.00162. The van der Waals surface area contributed by atoms with E-state index in [4.69, 9.17) is 0 Å². The highest BCUT2D eigenvalue weighted by Gasteiger charge is 2.21. The highest BCUT2D eigenvalue weighted by Crippen LogP contribution is 2.32. The van der Waals surface area contributed by atoms with Crippen molar-refractivity contribution in [3.8, 4) is 0 Å². The van der Waals surface area contributed by atoms with Crippen LogP contribution in [0.5, 0.6) is 0 Å². The Bertz CT molecular complexity index is 730. The number of carbonyl (C=O) groups excluding carboxylic acids is 1.